The molecule has 0 spiro atoms. The van der Waals surface area contributed by atoms with Crippen LogP contribution in [0, 0.1) is 0 Å². The molecule has 0 radical (unpaired) electrons. The van der Waals surface area contributed by atoms with Crippen LogP contribution in [0.4, 0.5) is 35.3 Å². The van der Waals surface area contributed by atoms with Gasteiger partial charge in [-0.2, -0.15) is 13.2 Å². The summed E-state index contributed by atoms with van der Waals surface area (Å²) in [6.07, 6.45) is -1.93. The highest BCUT2D eigenvalue weighted by Gasteiger charge is 2.41. The van der Waals surface area contributed by atoms with Crippen molar-refractivity contribution in [3.05, 3.63) is 54.4 Å². The molecule has 1 unspecified atom stereocenters. The van der Waals surface area contributed by atoms with Crippen LogP contribution >= 0.6 is 0 Å². The summed E-state index contributed by atoms with van der Waals surface area (Å²) in [7, 11) is 0. The molecule has 0 aliphatic carbocycles. The summed E-state index contributed by atoms with van der Waals surface area (Å²) in [4.78, 5) is 29.9. The predicted molar refractivity (Wildman–Crippen MR) is 127 cm³/mol. The van der Waals surface area contributed by atoms with E-state index in [-0.39, 0.29) is 29.9 Å². The number of rotatable bonds is 6. The lowest BCUT2D eigenvalue weighted by Crippen LogP contribution is -2.48. The second kappa shape index (κ2) is 9.82. The van der Waals surface area contributed by atoms with Crippen molar-refractivity contribution in [3.63, 3.8) is 0 Å². The van der Waals surface area contributed by atoms with E-state index in [4.69, 9.17) is 9.84 Å². The van der Waals surface area contributed by atoms with Gasteiger partial charge in [0.15, 0.2) is 11.6 Å². The van der Waals surface area contributed by atoms with Crippen molar-refractivity contribution in [2.75, 3.05) is 41.4 Å². The highest BCUT2D eigenvalue weighted by molar-refractivity contribution is 6.04. The maximum atomic E-state index is 13.4. The molecule has 1 fully saturated rings. The number of carbonyl (C=O) groups excluding carboxylic acids is 1. The second-order valence-corrected chi connectivity index (χ2v) is 8.69. The molecule has 194 valence electrons. The van der Waals surface area contributed by atoms with Gasteiger partial charge in [0.2, 0.25) is 0 Å². The van der Waals surface area contributed by atoms with Crippen LogP contribution in [-0.4, -0.2) is 69.6 Å². The Morgan fingerprint density at radius 3 is 2.86 bits per heavy atom. The number of ether oxygens (including phenoxy) is 1. The number of benzene rings is 1. The molecule has 2 amide bonds. The minimum Gasteiger partial charge on any atom is -0.491 e. The van der Waals surface area contributed by atoms with Crippen LogP contribution < -0.4 is 19.9 Å². The van der Waals surface area contributed by atoms with Crippen molar-refractivity contribution in [2.45, 2.75) is 24.7 Å². The minimum absolute atomic E-state index is 0.0705. The van der Waals surface area contributed by atoms with Gasteiger partial charge in [0.25, 0.3) is 0 Å². The summed E-state index contributed by atoms with van der Waals surface area (Å²) in [5.41, 5.74) is -0.0189. The zero-order valence-corrected chi connectivity index (χ0v) is 19.4. The molecule has 2 aliphatic rings. The van der Waals surface area contributed by atoms with Crippen LogP contribution in [0.25, 0.3) is 11.4 Å². The van der Waals surface area contributed by atoms with Crippen molar-refractivity contribution < 1.29 is 32.9 Å². The van der Waals surface area contributed by atoms with Crippen LogP contribution in [0.5, 0.6) is 5.75 Å². The number of nitrogens with zero attached hydrogens (tertiary/aromatic N) is 5. The fourth-order valence-electron chi connectivity index (χ4n) is 4.33. The first-order valence-corrected chi connectivity index (χ1v) is 11.5. The first-order chi connectivity index (χ1) is 17.7. The Balaban J connectivity index is 1.42. The maximum absolute atomic E-state index is 13.4. The molecule has 2 aliphatic heterocycles. The number of fused-ring (bicyclic) bond motifs is 4. The highest BCUT2D eigenvalue weighted by Crippen LogP contribution is 2.40. The average Bonchev–Trinajstić information content (AvgIpc) is 3.31. The Kier molecular flexibility index (Phi) is 6.56. The van der Waals surface area contributed by atoms with Gasteiger partial charge in [-0.3, -0.25) is 10.2 Å². The predicted octanol–water partition coefficient (Wildman–Crippen LogP) is 2.92. The van der Waals surface area contributed by atoms with Gasteiger partial charge in [0, 0.05) is 30.9 Å². The molecule has 2 aromatic heterocycles. The Morgan fingerprint density at radius 1 is 1.24 bits per heavy atom. The fourth-order valence-corrected chi connectivity index (χ4v) is 4.33. The molecule has 3 aromatic rings. The number of amides is 2. The molecular weight excluding hydrogens is 493 g/mol. The summed E-state index contributed by atoms with van der Waals surface area (Å²) in [6.45, 7) is 0.664. The van der Waals surface area contributed by atoms with E-state index in [0.29, 0.717) is 36.8 Å². The van der Waals surface area contributed by atoms with Gasteiger partial charge in [0.1, 0.15) is 24.3 Å². The monoisotopic (exact) mass is 516 g/mol. The molecule has 5 rings (SSSR count). The Labute approximate surface area is 209 Å². The molecule has 0 saturated carbocycles. The molecular formula is C24H23F3N6O4. The summed E-state index contributed by atoms with van der Waals surface area (Å²) < 4.78 is 45.1. The number of urea groups is 1. The van der Waals surface area contributed by atoms with Crippen molar-refractivity contribution in [3.8, 4) is 17.1 Å². The number of alkyl halides is 3. The normalized spacial score (nSPS) is 17.4. The molecule has 2 bridgehead atoms. The summed E-state index contributed by atoms with van der Waals surface area (Å²) >= 11 is 0. The maximum Gasteiger partial charge on any atom is 0.416 e. The van der Waals surface area contributed by atoms with Crippen LogP contribution in [-0.2, 0) is 6.18 Å². The Hall–Kier alpha value is -3.97. The van der Waals surface area contributed by atoms with Crippen molar-refractivity contribution in [1.29, 1.82) is 0 Å². The summed E-state index contributed by atoms with van der Waals surface area (Å²) in [5, 5.41) is 21.1. The number of aliphatic hydroxyl groups is 2. The standard InChI is InChI=1S/C24H23F3N6O4/c25-24(26,27)15-3-1-2-14(8-15)21-29-10-19-22(31-21)33(16-5-7-32(19)11-16)23(36)30-20-9-18(4-6-28-20)37-13-17(35)12-34/h1-4,6,8-10,16-17,34-35H,5,7,11-13H2,(H,28,30,36)/t16?,17-/m1/s1. The third-order valence-corrected chi connectivity index (χ3v) is 6.13. The van der Waals surface area contributed by atoms with Crippen molar-refractivity contribution in [1.82, 2.24) is 15.0 Å². The largest absolute Gasteiger partial charge is 0.491 e. The van der Waals surface area contributed by atoms with Crippen LogP contribution in [0.3, 0.4) is 0 Å². The quantitative estimate of drug-likeness (QED) is 0.457. The number of halogens is 3. The van der Waals surface area contributed by atoms with Gasteiger partial charge in [0.05, 0.1) is 30.1 Å². The van der Waals surface area contributed by atoms with Gasteiger partial charge in [-0.15, -0.1) is 0 Å². The number of aliphatic hydroxyl groups excluding tert-OH is 2. The summed E-state index contributed by atoms with van der Waals surface area (Å²) in [5.74, 6) is 0.890. The Bertz CT molecular complexity index is 1310. The van der Waals surface area contributed by atoms with E-state index in [0.717, 1.165) is 12.1 Å². The average molecular weight is 516 g/mol. The van der Waals surface area contributed by atoms with Gasteiger partial charge >= 0.3 is 12.2 Å². The van der Waals surface area contributed by atoms with Gasteiger partial charge in [-0.1, -0.05) is 12.1 Å². The number of anilines is 3. The van der Waals surface area contributed by atoms with E-state index >= 15 is 0 Å². The molecule has 1 saturated heterocycles. The van der Waals surface area contributed by atoms with Gasteiger partial charge in [-0.25, -0.2) is 19.7 Å². The molecule has 2 atom stereocenters. The lowest BCUT2D eigenvalue weighted by Gasteiger charge is -2.35. The van der Waals surface area contributed by atoms with E-state index in [1.54, 1.807) is 6.07 Å². The first kappa shape index (κ1) is 24.7. The number of aromatic nitrogens is 3. The van der Waals surface area contributed by atoms with E-state index in [1.165, 1.54) is 35.5 Å². The smallest absolute Gasteiger partial charge is 0.416 e. The third-order valence-electron chi connectivity index (χ3n) is 6.13. The first-order valence-electron chi connectivity index (χ1n) is 11.5. The molecule has 10 nitrogen and oxygen atoms in total. The third kappa shape index (κ3) is 5.13. The lowest BCUT2D eigenvalue weighted by atomic mass is 10.1. The van der Waals surface area contributed by atoms with E-state index in [2.05, 4.69) is 20.3 Å². The zero-order chi connectivity index (χ0) is 26.2. The van der Waals surface area contributed by atoms with Crippen molar-refractivity contribution >= 4 is 23.4 Å². The highest BCUT2D eigenvalue weighted by atomic mass is 19.4. The molecule has 1 aromatic carbocycles. The minimum atomic E-state index is -4.51. The molecule has 3 N–H and O–H groups in total. The van der Waals surface area contributed by atoms with Crippen LogP contribution in [0.15, 0.2) is 48.8 Å². The van der Waals surface area contributed by atoms with Crippen LogP contribution in [0.1, 0.15) is 12.0 Å². The number of pyridine rings is 1. The number of nitrogens with one attached hydrogen (secondary N) is 1. The lowest BCUT2D eigenvalue weighted by molar-refractivity contribution is -0.137. The summed E-state index contributed by atoms with van der Waals surface area (Å²) in [6, 6.07) is 7.04. The fraction of sp³-hybridized carbons (Fsp3) is 0.333. The topological polar surface area (TPSA) is 124 Å². The van der Waals surface area contributed by atoms with E-state index in [9.17, 15) is 23.1 Å². The second-order valence-electron chi connectivity index (χ2n) is 8.69. The number of carbonyl (C=O) groups is 1. The van der Waals surface area contributed by atoms with E-state index in [1.807, 2.05) is 4.90 Å². The van der Waals surface area contributed by atoms with Crippen LogP contribution in [0.2, 0.25) is 0 Å². The van der Waals surface area contributed by atoms with Crippen molar-refractivity contribution in [2.24, 2.45) is 0 Å². The SMILES string of the molecule is O=C(Nc1cc(OC[C@H](O)CO)ccn1)N1c2nc(-c3cccc(C(F)(F)F)c3)ncc2N2CCC1C2. The van der Waals surface area contributed by atoms with Gasteiger partial charge in [-0.05, 0) is 24.6 Å². The Morgan fingerprint density at radius 2 is 2.08 bits per heavy atom. The number of hydrogen-bond donors (Lipinski definition) is 3. The molecule has 4 heterocycles. The van der Waals surface area contributed by atoms with Gasteiger partial charge < -0.3 is 19.8 Å². The van der Waals surface area contributed by atoms with E-state index < -0.39 is 30.5 Å². The molecule has 37 heavy (non-hydrogen) atoms. The molecule has 13 heteroatoms. The number of hydrogen-bond acceptors (Lipinski definition) is 8. The zero-order valence-electron chi connectivity index (χ0n) is 19.4.